The van der Waals surface area contributed by atoms with Gasteiger partial charge in [-0.05, 0) is 66.1 Å². The van der Waals surface area contributed by atoms with E-state index in [1.54, 1.807) is 6.42 Å². The molecule has 0 spiro atoms. The molecular formula is C24H46. The molecule has 24 heavy (non-hydrogen) atoms. The average molecular weight is 335 g/mol. The quantitative estimate of drug-likeness (QED) is 0.339. The van der Waals surface area contributed by atoms with Crippen LogP contribution in [0.5, 0.6) is 0 Å². The Labute approximate surface area is 153 Å². The lowest BCUT2D eigenvalue weighted by Crippen LogP contribution is -2.16. The minimum Gasteiger partial charge on any atom is -0.0654 e. The first-order chi connectivity index (χ1) is 11.3. The molecule has 7 unspecified atom stereocenters. The van der Waals surface area contributed by atoms with Gasteiger partial charge in [0.1, 0.15) is 0 Å². The van der Waals surface area contributed by atoms with Gasteiger partial charge in [0.05, 0.1) is 0 Å². The van der Waals surface area contributed by atoms with Gasteiger partial charge in [-0.15, -0.1) is 0 Å². The Morgan fingerprint density at radius 2 is 1.54 bits per heavy atom. The Morgan fingerprint density at radius 3 is 2.12 bits per heavy atom. The standard InChI is InChI=1S/C24H46/c1-8-9-11-17(2)12-10-13-22-16-23(22)15-18(3)14-19(4)24(7)20(5)21(24)6/h17-23H,8-16H2,1-7H3. The summed E-state index contributed by atoms with van der Waals surface area (Å²) in [5.41, 5.74) is 0.645. The van der Waals surface area contributed by atoms with Crippen molar-refractivity contribution < 1.29 is 0 Å². The third-order valence-corrected chi connectivity index (χ3v) is 8.52. The molecule has 0 aromatic carbocycles. The average Bonchev–Trinajstić information content (AvgIpc) is 3.38. The molecule has 2 saturated carbocycles. The lowest BCUT2D eigenvalue weighted by Gasteiger charge is -2.24. The zero-order valence-corrected chi connectivity index (χ0v) is 17.9. The topological polar surface area (TPSA) is 0 Å². The molecule has 0 heteroatoms. The molecule has 0 heterocycles. The van der Waals surface area contributed by atoms with Gasteiger partial charge in [-0.25, -0.2) is 0 Å². The highest BCUT2D eigenvalue weighted by Gasteiger charge is 2.57. The normalized spacial score (nSPS) is 38.6. The number of rotatable bonds is 12. The fourth-order valence-electron chi connectivity index (χ4n) is 5.76. The SMILES string of the molecule is CCCCC(C)CCCC1CC1CC(C)CC(C)C1(C)C(C)C1C. The third-order valence-electron chi connectivity index (χ3n) is 8.52. The van der Waals surface area contributed by atoms with E-state index in [2.05, 4.69) is 48.5 Å². The molecule has 0 N–H and O–H groups in total. The van der Waals surface area contributed by atoms with Gasteiger partial charge in [0, 0.05) is 0 Å². The molecule has 0 aliphatic heterocycles. The van der Waals surface area contributed by atoms with Crippen molar-refractivity contribution in [2.75, 3.05) is 0 Å². The summed E-state index contributed by atoms with van der Waals surface area (Å²) in [6.07, 6.45) is 13.3. The van der Waals surface area contributed by atoms with Crippen molar-refractivity contribution in [2.24, 2.45) is 46.8 Å². The Morgan fingerprint density at radius 1 is 0.917 bits per heavy atom. The van der Waals surface area contributed by atoms with Crippen molar-refractivity contribution in [3.8, 4) is 0 Å². The van der Waals surface area contributed by atoms with E-state index < -0.39 is 0 Å². The van der Waals surface area contributed by atoms with Crippen LogP contribution >= 0.6 is 0 Å². The smallest absolute Gasteiger partial charge is 0.0243 e. The summed E-state index contributed by atoms with van der Waals surface area (Å²) in [6, 6.07) is 0. The first-order valence-corrected chi connectivity index (χ1v) is 11.3. The van der Waals surface area contributed by atoms with Crippen LogP contribution in [-0.4, -0.2) is 0 Å². The third kappa shape index (κ3) is 5.01. The highest BCUT2D eigenvalue weighted by molar-refractivity contribution is 5.05. The molecule has 2 aliphatic carbocycles. The summed E-state index contributed by atoms with van der Waals surface area (Å²) in [5, 5.41) is 0. The lowest BCUT2D eigenvalue weighted by atomic mass is 9.81. The van der Waals surface area contributed by atoms with Crippen LogP contribution in [0.3, 0.4) is 0 Å². The van der Waals surface area contributed by atoms with Gasteiger partial charge >= 0.3 is 0 Å². The fourth-order valence-corrected chi connectivity index (χ4v) is 5.76. The van der Waals surface area contributed by atoms with Gasteiger partial charge in [-0.1, -0.05) is 87.0 Å². The van der Waals surface area contributed by atoms with Crippen LogP contribution in [0.25, 0.3) is 0 Å². The second kappa shape index (κ2) is 8.59. The molecule has 0 bridgehead atoms. The van der Waals surface area contributed by atoms with Crippen molar-refractivity contribution in [3.63, 3.8) is 0 Å². The highest BCUT2D eigenvalue weighted by Crippen LogP contribution is 2.63. The van der Waals surface area contributed by atoms with Crippen LogP contribution in [0, 0.1) is 46.8 Å². The predicted octanol–water partition coefficient (Wildman–Crippen LogP) is 7.96. The molecule has 0 nitrogen and oxygen atoms in total. The van der Waals surface area contributed by atoms with Crippen molar-refractivity contribution in [1.29, 1.82) is 0 Å². The minimum atomic E-state index is 0.645. The van der Waals surface area contributed by atoms with Crippen LogP contribution in [0.1, 0.15) is 106 Å². The van der Waals surface area contributed by atoms with Gasteiger partial charge in [0.15, 0.2) is 0 Å². The van der Waals surface area contributed by atoms with Gasteiger partial charge in [0.2, 0.25) is 0 Å². The molecule has 0 aromatic heterocycles. The molecule has 0 radical (unpaired) electrons. The summed E-state index contributed by atoms with van der Waals surface area (Å²) in [5.74, 6) is 6.89. The van der Waals surface area contributed by atoms with E-state index in [4.69, 9.17) is 0 Å². The van der Waals surface area contributed by atoms with E-state index in [9.17, 15) is 0 Å². The monoisotopic (exact) mass is 334 g/mol. The molecule has 2 rings (SSSR count). The molecule has 142 valence electrons. The fraction of sp³-hybridized carbons (Fsp3) is 1.00. The van der Waals surface area contributed by atoms with Crippen LogP contribution in [0.2, 0.25) is 0 Å². The molecule has 2 aliphatic rings. The van der Waals surface area contributed by atoms with Crippen LogP contribution in [-0.2, 0) is 0 Å². The second-order valence-electron chi connectivity index (χ2n) is 10.4. The zero-order chi connectivity index (χ0) is 17.9. The Kier molecular flexibility index (Phi) is 7.27. The van der Waals surface area contributed by atoms with E-state index in [-0.39, 0.29) is 0 Å². The Bertz CT molecular complexity index is 362. The Hall–Kier alpha value is 0. The summed E-state index contributed by atoms with van der Waals surface area (Å²) in [6.45, 7) is 17.3. The maximum absolute atomic E-state index is 2.54. The molecular weight excluding hydrogens is 288 g/mol. The predicted molar refractivity (Wildman–Crippen MR) is 108 cm³/mol. The van der Waals surface area contributed by atoms with Crippen molar-refractivity contribution in [1.82, 2.24) is 0 Å². The van der Waals surface area contributed by atoms with Gasteiger partial charge < -0.3 is 0 Å². The van der Waals surface area contributed by atoms with Gasteiger partial charge in [0.25, 0.3) is 0 Å². The Balaban J connectivity index is 1.56. The maximum atomic E-state index is 2.54. The number of hydrogen-bond donors (Lipinski definition) is 0. The summed E-state index contributed by atoms with van der Waals surface area (Å²) in [7, 11) is 0. The van der Waals surface area contributed by atoms with Crippen LogP contribution in [0.15, 0.2) is 0 Å². The van der Waals surface area contributed by atoms with E-state index in [1.165, 1.54) is 51.4 Å². The lowest BCUT2D eigenvalue weighted by molar-refractivity contribution is 0.252. The van der Waals surface area contributed by atoms with E-state index >= 15 is 0 Å². The first-order valence-electron chi connectivity index (χ1n) is 11.3. The molecule has 0 saturated heterocycles. The summed E-state index contributed by atoms with van der Waals surface area (Å²) >= 11 is 0. The largest absolute Gasteiger partial charge is 0.0654 e. The first kappa shape index (κ1) is 20.3. The number of hydrogen-bond acceptors (Lipinski definition) is 0. The zero-order valence-electron chi connectivity index (χ0n) is 17.9. The highest BCUT2D eigenvalue weighted by atomic mass is 14.6. The van der Waals surface area contributed by atoms with E-state index in [1.807, 2.05) is 0 Å². The summed E-state index contributed by atoms with van der Waals surface area (Å²) in [4.78, 5) is 0. The van der Waals surface area contributed by atoms with Gasteiger partial charge in [-0.2, -0.15) is 0 Å². The van der Waals surface area contributed by atoms with Crippen LogP contribution in [0.4, 0.5) is 0 Å². The molecule has 7 atom stereocenters. The van der Waals surface area contributed by atoms with E-state index in [0.29, 0.717) is 5.41 Å². The van der Waals surface area contributed by atoms with Gasteiger partial charge in [-0.3, -0.25) is 0 Å². The summed E-state index contributed by atoms with van der Waals surface area (Å²) < 4.78 is 0. The maximum Gasteiger partial charge on any atom is -0.0243 e. The van der Waals surface area contributed by atoms with Crippen molar-refractivity contribution in [2.45, 2.75) is 106 Å². The molecule has 0 amide bonds. The minimum absolute atomic E-state index is 0.645. The van der Waals surface area contributed by atoms with Crippen molar-refractivity contribution in [3.05, 3.63) is 0 Å². The van der Waals surface area contributed by atoms with Crippen LogP contribution < -0.4 is 0 Å². The molecule has 2 fully saturated rings. The molecule has 0 aromatic rings. The van der Waals surface area contributed by atoms with E-state index in [0.717, 1.165) is 41.4 Å². The number of unbranched alkanes of at least 4 members (excludes halogenated alkanes) is 1. The second-order valence-corrected chi connectivity index (χ2v) is 10.4. The van der Waals surface area contributed by atoms with Crippen molar-refractivity contribution >= 4 is 0 Å².